The van der Waals surface area contributed by atoms with Gasteiger partial charge in [0.1, 0.15) is 0 Å². The second kappa shape index (κ2) is 9.60. The van der Waals surface area contributed by atoms with Gasteiger partial charge in [-0.3, -0.25) is 0 Å². The largest absolute Gasteiger partial charge is 1.00 e. The van der Waals surface area contributed by atoms with E-state index in [2.05, 4.69) is 0 Å². The van der Waals surface area contributed by atoms with E-state index in [1.807, 2.05) is 0 Å². The van der Waals surface area contributed by atoms with Crippen LogP contribution in [-0.2, 0) is 0 Å². The molecule has 0 heterocycles. The molecule has 0 amide bonds. The molecule has 0 radical (unpaired) electrons. The molecule has 1 nitrogen and oxygen atoms in total. The van der Waals surface area contributed by atoms with Crippen LogP contribution in [0.25, 0.3) is 0 Å². The zero-order chi connectivity index (χ0) is 2.71. The molecule has 16 valence electrons. The summed E-state index contributed by atoms with van der Waals surface area (Å²) >= 11 is 0. The zero-order valence-electron chi connectivity index (χ0n) is 3.95. The van der Waals surface area contributed by atoms with E-state index in [4.69, 9.17) is 5.26 Å². The third-order valence-corrected chi connectivity index (χ3v) is 0. The van der Waals surface area contributed by atoms with E-state index in [1.165, 1.54) is 7.85 Å². The predicted octanol–water partition coefficient (Wildman–Crippen LogP) is -3.78. The molecule has 0 atom stereocenters. The normalized spacial score (nSPS) is 1.75. The molecule has 0 spiro atoms. The van der Waals surface area contributed by atoms with Gasteiger partial charge in [-0.2, -0.15) is 0 Å². The Bertz CT molecular complexity index is 33.1. The van der Waals surface area contributed by atoms with Crippen molar-refractivity contribution in [1.29, 1.82) is 5.26 Å². The minimum absolute atomic E-state index is 0. The first-order valence-electron chi connectivity index (χ1n) is 0.724. The molecule has 0 saturated carbocycles. The Balaban J connectivity index is -0.0000000200. The van der Waals surface area contributed by atoms with Gasteiger partial charge in [-0.15, -0.1) is 0 Å². The number of hydrogen-bond donors (Lipinski definition) is 0. The fourth-order valence-corrected chi connectivity index (χ4v) is 0. The van der Waals surface area contributed by atoms with Crippen molar-refractivity contribution in [1.82, 2.24) is 0 Å². The van der Waals surface area contributed by atoms with Gasteiger partial charge in [-0.25, -0.2) is 5.26 Å². The quantitative estimate of drug-likeness (QED) is 0.264. The molecule has 3 heteroatoms. The molecule has 0 unspecified atom stereocenters. The van der Waals surface area contributed by atoms with Crippen molar-refractivity contribution in [3.8, 4) is 5.97 Å². The van der Waals surface area contributed by atoms with E-state index in [-0.39, 0.29) is 31.0 Å². The summed E-state index contributed by atoms with van der Waals surface area (Å²) in [6.07, 6.45) is 0. The molecule has 0 N–H and O–H groups in total. The monoisotopic (exact) mass is 63.0 g/mol. The summed E-state index contributed by atoms with van der Waals surface area (Å²) in [6, 6.07) is 0. The van der Waals surface area contributed by atoms with Gasteiger partial charge in [0.15, 0.2) is 0 Å². The van der Waals surface area contributed by atoms with Crippen LogP contribution in [0.15, 0.2) is 0 Å². The molecule has 0 bridgehead atoms. The molecular formula is CH3BNNa. The fourth-order valence-electron chi connectivity index (χ4n) is 0. The van der Waals surface area contributed by atoms with E-state index in [9.17, 15) is 0 Å². The molecule has 0 rings (SSSR count). The van der Waals surface area contributed by atoms with Crippen molar-refractivity contribution in [2.75, 3.05) is 0 Å². The third-order valence-electron chi connectivity index (χ3n) is 0. The van der Waals surface area contributed by atoms with Crippen LogP contribution in [0.1, 0.15) is 1.43 Å². The van der Waals surface area contributed by atoms with Gasteiger partial charge < -0.3 is 1.43 Å². The van der Waals surface area contributed by atoms with Crippen LogP contribution in [0.5, 0.6) is 0 Å². The van der Waals surface area contributed by atoms with Crippen LogP contribution in [0.2, 0.25) is 0 Å². The molecule has 4 heavy (non-hydrogen) atoms. The van der Waals surface area contributed by atoms with Crippen LogP contribution in [0.3, 0.4) is 0 Å². The SMILES string of the molecule is BC#N.[H-].[Na+]. The Morgan fingerprint density at radius 3 is 2.00 bits per heavy atom. The van der Waals surface area contributed by atoms with Crippen LogP contribution >= 0.6 is 0 Å². The van der Waals surface area contributed by atoms with E-state index >= 15 is 0 Å². The Morgan fingerprint density at radius 1 is 2.00 bits per heavy atom. The maximum Gasteiger partial charge on any atom is 1.00 e. The first-order chi connectivity index (χ1) is 1.41. The van der Waals surface area contributed by atoms with Gasteiger partial charge in [0, 0.05) is 0 Å². The minimum Gasteiger partial charge on any atom is -1.00 e. The number of nitriles is 1. The molecular weight excluding hydrogens is 59.8 g/mol. The molecule has 0 aromatic carbocycles. The van der Waals surface area contributed by atoms with Gasteiger partial charge in [-0.1, -0.05) is 0 Å². The van der Waals surface area contributed by atoms with Crippen molar-refractivity contribution in [3.05, 3.63) is 0 Å². The summed E-state index contributed by atoms with van der Waals surface area (Å²) in [5.74, 6) is 1.75. The summed E-state index contributed by atoms with van der Waals surface area (Å²) in [4.78, 5) is 0. The average Bonchev–Trinajstić information content (AvgIpc) is 0.918. The Hall–Kier alpha value is 0.555. The maximum atomic E-state index is 7.32. The summed E-state index contributed by atoms with van der Waals surface area (Å²) in [6.45, 7) is 0. The fraction of sp³-hybridized carbons (Fsp3) is 0. The molecule has 0 fully saturated rings. The maximum absolute atomic E-state index is 7.32. The van der Waals surface area contributed by atoms with E-state index in [0.29, 0.717) is 0 Å². The summed E-state index contributed by atoms with van der Waals surface area (Å²) in [7, 11) is 1.43. The van der Waals surface area contributed by atoms with E-state index in [1.54, 1.807) is 5.97 Å². The van der Waals surface area contributed by atoms with Gasteiger partial charge in [-0.05, 0) is 5.97 Å². The smallest absolute Gasteiger partial charge is 1.00 e. The van der Waals surface area contributed by atoms with Gasteiger partial charge in [0.05, 0.1) is 0 Å². The van der Waals surface area contributed by atoms with Gasteiger partial charge >= 0.3 is 29.6 Å². The Morgan fingerprint density at radius 2 is 2.00 bits per heavy atom. The third kappa shape index (κ3) is 20.1. The van der Waals surface area contributed by atoms with Gasteiger partial charge in [0.25, 0.3) is 0 Å². The number of nitrogens with zero attached hydrogens (tertiary/aromatic N) is 1. The van der Waals surface area contributed by atoms with Crippen molar-refractivity contribution in [2.24, 2.45) is 0 Å². The Labute approximate surface area is 50.2 Å². The summed E-state index contributed by atoms with van der Waals surface area (Å²) in [5, 5.41) is 7.32. The van der Waals surface area contributed by atoms with E-state index < -0.39 is 0 Å². The van der Waals surface area contributed by atoms with Crippen molar-refractivity contribution in [3.63, 3.8) is 0 Å². The van der Waals surface area contributed by atoms with Crippen molar-refractivity contribution in [2.45, 2.75) is 0 Å². The number of rotatable bonds is 0. The average molecular weight is 62.8 g/mol. The van der Waals surface area contributed by atoms with Crippen molar-refractivity contribution >= 4 is 7.85 Å². The van der Waals surface area contributed by atoms with Crippen LogP contribution in [0, 0.1) is 11.2 Å². The molecule has 0 aromatic heterocycles. The van der Waals surface area contributed by atoms with Crippen LogP contribution < -0.4 is 29.6 Å². The molecule has 0 aliphatic rings. The molecule has 0 saturated heterocycles. The molecule has 0 aliphatic heterocycles. The summed E-state index contributed by atoms with van der Waals surface area (Å²) in [5.41, 5.74) is 0. The van der Waals surface area contributed by atoms with Gasteiger partial charge in [0.2, 0.25) is 7.85 Å². The first kappa shape index (κ1) is 8.82. The minimum atomic E-state index is 0. The standard InChI is InChI=1S/CH2BN.Na.H/c2-1-3;;/h2H2;;/q;+1;-1. The second-order valence-corrected chi connectivity index (χ2v) is 0.224. The number of hydrogen-bond acceptors (Lipinski definition) is 1. The zero-order valence-corrected chi connectivity index (χ0v) is 4.95. The van der Waals surface area contributed by atoms with Crippen LogP contribution in [-0.4, -0.2) is 7.85 Å². The van der Waals surface area contributed by atoms with E-state index in [0.717, 1.165) is 0 Å². The molecule has 0 aliphatic carbocycles. The second-order valence-electron chi connectivity index (χ2n) is 0.224. The topological polar surface area (TPSA) is 23.8 Å². The predicted molar refractivity (Wildman–Crippen MR) is 15.3 cm³/mol. The Kier molecular flexibility index (Phi) is 21.2. The molecule has 0 aromatic rings. The first-order valence-corrected chi connectivity index (χ1v) is 0.724. The van der Waals surface area contributed by atoms with Crippen LogP contribution in [0.4, 0.5) is 0 Å². The van der Waals surface area contributed by atoms with Crippen molar-refractivity contribution < 1.29 is 31.0 Å². The summed E-state index contributed by atoms with van der Waals surface area (Å²) < 4.78 is 0.